The topological polar surface area (TPSA) is 84.7 Å². The van der Waals surface area contributed by atoms with E-state index in [0.29, 0.717) is 6.42 Å². The van der Waals surface area contributed by atoms with E-state index < -0.39 is 5.41 Å². The van der Waals surface area contributed by atoms with Crippen molar-refractivity contribution in [2.24, 2.45) is 10.8 Å². The Hall–Kier alpha value is -3.35. The van der Waals surface area contributed by atoms with Crippen molar-refractivity contribution in [2.75, 3.05) is 26.1 Å². The number of Topliss-reactive ketones (excluding diaryl/α,β-unsaturated/α-hetero) is 1. The van der Waals surface area contributed by atoms with Crippen molar-refractivity contribution < 1.29 is 14.5 Å². The van der Waals surface area contributed by atoms with Crippen LogP contribution in [0, 0.1) is 20.9 Å². The first kappa shape index (κ1) is 24.8. The molecule has 0 bridgehead atoms. The Morgan fingerprint density at radius 3 is 2.31 bits per heavy atom. The fourth-order valence-electron chi connectivity index (χ4n) is 6.26. The van der Waals surface area contributed by atoms with E-state index in [2.05, 4.69) is 51.0 Å². The van der Waals surface area contributed by atoms with Crippen LogP contribution in [0.1, 0.15) is 63.6 Å². The van der Waals surface area contributed by atoms with Gasteiger partial charge in [0.05, 0.1) is 18.1 Å². The Morgan fingerprint density at radius 2 is 1.74 bits per heavy atom. The molecule has 0 fully saturated rings. The highest BCUT2D eigenvalue weighted by molar-refractivity contribution is 5.99. The molecule has 0 spiro atoms. The van der Waals surface area contributed by atoms with Gasteiger partial charge in [-0.25, -0.2) is 0 Å². The number of nitro benzene ring substituents is 1. The van der Waals surface area contributed by atoms with Gasteiger partial charge >= 0.3 is 0 Å². The lowest BCUT2D eigenvalue weighted by atomic mass is 9.59. The number of hydrogen-bond acceptors (Lipinski definition) is 6. The number of anilines is 1. The largest absolute Gasteiger partial charge is 0.497 e. The number of methoxy groups -OCH3 is 1. The Morgan fingerprint density at radius 1 is 1.09 bits per heavy atom. The number of allylic oxidation sites excluding steroid dienone is 2. The van der Waals surface area contributed by atoms with Crippen LogP contribution < -0.4 is 15.0 Å². The standard InChI is InChI=1S/C28H35N3O4/c1-27(2)15-21(29-5)24(23(32)16-27)25-20-14-19(35-7)12-13-22(20)30(6)26(28(25,3)4)17-8-10-18(11-9-17)31(33)34/h8-14,25-26,29H,15-16H2,1-7H3/t25-,26+/m1/s1. The van der Waals surface area contributed by atoms with Crippen molar-refractivity contribution >= 4 is 17.2 Å². The highest BCUT2D eigenvalue weighted by Gasteiger charge is 2.51. The van der Waals surface area contributed by atoms with Crippen molar-refractivity contribution in [3.63, 3.8) is 0 Å². The third-order valence-corrected chi connectivity index (χ3v) is 7.69. The number of rotatable bonds is 5. The summed E-state index contributed by atoms with van der Waals surface area (Å²) in [5.41, 5.74) is 4.44. The van der Waals surface area contributed by atoms with Gasteiger partial charge in [0.25, 0.3) is 5.69 Å². The van der Waals surface area contributed by atoms with Gasteiger partial charge in [-0.15, -0.1) is 0 Å². The molecule has 2 aromatic rings. The third kappa shape index (κ3) is 4.17. The molecule has 1 heterocycles. The molecule has 1 aliphatic carbocycles. The van der Waals surface area contributed by atoms with Crippen molar-refractivity contribution in [1.29, 1.82) is 0 Å². The van der Waals surface area contributed by atoms with E-state index in [1.165, 1.54) is 0 Å². The summed E-state index contributed by atoms with van der Waals surface area (Å²) in [7, 11) is 5.60. The minimum atomic E-state index is -0.418. The van der Waals surface area contributed by atoms with Gasteiger partial charge in [0, 0.05) is 60.9 Å². The fourth-order valence-corrected chi connectivity index (χ4v) is 6.26. The first-order chi connectivity index (χ1) is 16.4. The molecule has 186 valence electrons. The number of benzene rings is 2. The summed E-state index contributed by atoms with van der Waals surface area (Å²) in [6, 6.07) is 12.7. The molecule has 1 aliphatic heterocycles. The lowest BCUT2D eigenvalue weighted by molar-refractivity contribution is -0.384. The molecule has 4 rings (SSSR count). The van der Waals surface area contributed by atoms with Gasteiger partial charge in [-0.05, 0) is 41.2 Å². The molecular weight excluding hydrogens is 442 g/mol. The van der Waals surface area contributed by atoms with E-state index in [-0.39, 0.29) is 33.8 Å². The summed E-state index contributed by atoms with van der Waals surface area (Å²) >= 11 is 0. The molecule has 0 radical (unpaired) electrons. The van der Waals surface area contributed by atoms with Crippen LogP contribution in [-0.4, -0.2) is 31.9 Å². The van der Waals surface area contributed by atoms with E-state index in [9.17, 15) is 14.9 Å². The van der Waals surface area contributed by atoms with Gasteiger partial charge in [-0.3, -0.25) is 14.9 Å². The number of nitro groups is 1. The minimum Gasteiger partial charge on any atom is -0.497 e. The van der Waals surface area contributed by atoms with Gasteiger partial charge in [0.1, 0.15) is 5.75 Å². The van der Waals surface area contributed by atoms with Crippen LogP contribution >= 0.6 is 0 Å². The molecule has 2 aliphatic rings. The van der Waals surface area contributed by atoms with Gasteiger partial charge in [0.15, 0.2) is 5.78 Å². The molecule has 2 aromatic carbocycles. The summed E-state index contributed by atoms with van der Waals surface area (Å²) in [5.74, 6) is 0.737. The predicted molar refractivity (Wildman–Crippen MR) is 138 cm³/mol. The normalized spacial score (nSPS) is 23.1. The smallest absolute Gasteiger partial charge is 0.269 e. The second-order valence-electron chi connectivity index (χ2n) is 11.1. The number of carbonyl (C=O) groups excluding carboxylic acids is 1. The van der Waals surface area contributed by atoms with Crippen LogP contribution in [0.25, 0.3) is 0 Å². The number of hydrogen-bond donors (Lipinski definition) is 1. The molecule has 7 heteroatoms. The molecule has 0 unspecified atom stereocenters. The Labute approximate surface area is 207 Å². The van der Waals surface area contributed by atoms with Gasteiger partial charge < -0.3 is 15.0 Å². The zero-order valence-electron chi connectivity index (χ0n) is 21.6. The van der Waals surface area contributed by atoms with Crippen molar-refractivity contribution in [1.82, 2.24) is 5.32 Å². The Bertz CT molecular complexity index is 1200. The lowest BCUT2D eigenvalue weighted by Crippen LogP contribution is -2.47. The number of nitrogens with one attached hydrogen (secondary N) is 1. The molecule has 0 saturated carbocycles. The van der Waals surface area contributed by atoms with Gasteiger partial charge in [-0.1, -0.05) is 39.8 Å². The van der Waals surface area contributed by atoms with Crippen LogP contribution in [0.15, 0.2) is 53.7 Å². The summed E-state index contributed by atoms with van der Waals surface area (Å²) in [6.45, 7) is 8.65. The van der Waals surface area contributed by atoms with E-state index in [0.717, 1.165) is 40.3 Å². The zero-order valence-corrected chi connectivity index (χ0v) is 21.6. The van der Waals surface area contributed by atoms with E-state index in [1.807, 2.05) is 31.3 Å². The van der Waals surface area contributed by atoms with Gasteiger partial charge in [-0.2, -0.15) is 0 Å². The second-order valence-corrected chi connectivity index (χ2v) is 11.1. The molecule has 0 saturated heterocycles. The van der Waals surface area contributed by atoms with E-state index in [1.54, 1.807) is 19.2 Å². The number of fused-ring (bicyclic) bond motifs is 1. The first-order valence-corrected chi connectivity index (χ1v) is 12.0. The fraction of sp³-hybridized carbons (Fsp3) is 0.464. The lowest BCUT2D eigenvalue weighted by Gasteiger charge is -2.53. The van der Waals surface area contributed by atoms with Crippen LogP contribution in [0.4, 0.5) is 11.4 Å². The summed E-state index contributed by atoms with van der Waals surface area (Å²) in [4.78, 5) is 26.9. The number of ketones is 1. The highest BCUT2D eigenvalue weighted by Crippen LogP contribution is 2.60. The maximum Gasteiger partial charge on any atom is 0.269 e. The number of non-ortho nitro benzene ring substituents is 1. The monoisotopic (exact) mass is 477 g/mol. The highest BCUT2D eigenvalue weighted by atomic mass is 16.6. The number of carbonyl (C=O) groups is 1. The molecule has 1 N–H and O–H groups in total. The Kier molecular flexibility index (Phi) is 6.16. The molecule has 7 nitrogen and oxygen atoms in total. The van der Waals surface area contributed by atoms with E-state index in [4.69, 9.17) is 4.74 Å². The average molecular weight is 478 g/mol. The van der Waals surface area contributed by atoms with Crippen molar-refractivity contribution in [2.45, 2.75) is 52.5 Å². The molecule has 0 aromatic heterocycles. The predicted octanol–water partition coefficient (Wildman–Crippen LogP) is 5.77. The Balaban J connectivity index is 1.97. The molecule has 35 heavy (non-hydrogen) atoms. The zero-order chi connectivity index (χ0) is 25.7. The van der Waals surface area contributed by atoms with Crippen molar-refractivity contribution in [3.05, 3.63) is 75.0 Å². The maximum atomic E-state index is 13.8. The summed E-state index contributed by atoms with van der Waals surface area (Å²) in [6.07, 6.45) is 1.30. The quantitative estimate of drug-likeness (QED) is 0.435. The number of ether oxygens (including phenoxy) is 1. The number of nitrogens with zero attached hydrogens (tertiary/aromatic N) is 2. The van der Waals surface area contributed by atoms with Crippen molar-refractivity contribution in [3.8, 4) is 5.75 Å². The molecule has 2 atom stereocenters. The average Bonchev–Trinajstić information content (AvgIpc) is 2.79. The summed E-state index contributed by atoms with van der Waals surface area (Å²) in [5, 5.41) is 14.6. The summed E-state index contributed by atoms with van der Waals surface area (Å²) < 4.78 is 5.58. The van der Waals surface area contributed by atoms with Gasteiger partial charge in [0.2, 0.25) is 0 Å². The minimum absolute atomic E-state index is 0.0663. The molecule has 0 amide bonds. The van der Waals surface area contributed by atoms with Crippen LogP contribution in [-0.2, 0) is 4.79 Å². The van der Waals surface area contributed by atoms with E-state index >= 15 is 0 Å². The van der Waals surface area contributed by atoms with Crippen LogP contribution in [0.3, 0.4) is 0 Å². The third-order valence-electron chi connectivity index (χ3n) is 7.69. The second kappa shape index (κ2) is 8.70. The van der Waals surface area contributed by atoms with Crippen LogP contribution in [0.5, 0.6) is 5.75 Å². The van der Waals surface area contributed by atoms with Crippen LogP contribution in [0.2, 0.25) is 0 Å². The first-order valence-electron chi connectivity index (χ1n) is 12.0. The maximum absolute atomic E-state index is 13.8. The molecular formula is C28H35N3O4. The SMILES string of the molecule is CNC1=C([C@H]2c3cc(OC)ccc3N(C)[C@@H](c3ccc([N+](=O)[O-])cc3)C2(C)C)C(=O)CC(C)(C)C1.